The monoisotopic (exact) mass is 220 g/mol. The average molecular weight is 220 g/mol. The van der Waals surface area contributed by atoms with Crippen LogP contribution < -0.4 is 5.32 Å². The van der Waals surface area contributed by atoms with Crippen molar-refractivity contribution in [1.82, 2.24) is 5.06 Å². The van der Waals surface area contributed by atoms with Crippen LogP contribution in [0.2, 0.25) is 0 Å². The first kappa shape index (κ1) is 11.0. The molecule has 4 heteroatoms. The number of hydrogen-bond acceptors (Lipinski definition) is 3. The molecule has 1 unspecified atom stereocenters. The van der Waals surface area contributed by atoms with Crippen molar-refractivity contribution in [3.63, 3.8) is 0 Å². The van der Waals surface area contributed by atoms with Crippen LogP contribution in [0.1, 0.15) is 17.9 Å². The fourth-order valence-electron chi connectivity index (χ4n) is 1.98. The highest BCUT2D eigenvalue weighted by molar-refractivity contribution is 5.77. The molecular formula is C12H16N2O2. The summed E-state index contributed by atoms with van der Waals surface area (Å²) in [6.45, 7) is 0.822. The molecule has 0 bridgehead atoms. The molecule has 0 aliphatic carbocycles. The van der Waals surface area contributed by atoms with Gasteiger partial charge in [0, 0.05) is 31.6 Å². The highest BCUT2D eigenvalue weighted by Gasteiger charge is 2.25. The Morgan fingerprint density at radius 3 is 3.06 bits per heavy atom. The molecule has 0 saturated carbocycles. The number of hydrogen-bond donors (Lipinski definition) is 1. The van der Waals surface area contributed by atoms with E-state index in [-0.39, 0.29) is 11.8 Å². The maximum Gasteiger partial charge on any atom is 0.246 e. The molecule has 2 rings (SSSR count). The topological polar surface area (TPSA) is 41.6 Å². The van der Waals surface area contributed by atoms with Crippen LogP contribution in [0, 0.1) is 0 Å². The minimum atomic E-state index is 0.00556. The third kappa shape index (κ3) is 2.02. The Hall–Kier alpha value is -1.55. The van der Waals surface area contributed by atoms with E-state index in [9.17, 15) is 4.79 Å². The number of carbonyl (C=O) groups excluding carboxylic acids is 1. The number of nitrogens with zero attached hydrogens (tertiary/aromatic N) is 1. The van der Waals surface area contributed by atoms with Crippen molar-refractivity contribution in [1.29, 1.82) is 0 Å². The van der Waals surface area contributed by atoms with E-state index >= 15 is 0 Å². The maximum atomic E-state index is 11.7. The van der Waals surface area contributed by atoms with Crippen LogP contribution in [-0.2, 0) is 9.63 Å². The first-order chi connectivity index (χ1) is 7.72. The summed E-state index contributed by atoms with van der Waals surface area (Å²) in [5.74, 6) is 0.257. The highest BCUT2D eigenvalue weighted by Crippen LogP contribution is 2.33. The Labute approximate surface area is 95.2 Å². The van der Waals surface area contributed by atoms with E-state index in [2.05, 4.69) is 11.4 Å². The lowest BCUT2D eigenvalue weighted by atomic mass is 9.98. The molecule has 0 aromatic heterocycles. The molecule has 0 fully saturated rings. The van der Waals surface area contributed by atoms with Crippen molar-refractivity contribution in [3.05, 3.63) is 29.8 Å². The molecule has 0 spiro atoms. The molecule has 1 aromatic rings. The summed E-state index contributed by atoms with van der Waals surface area (Å²) in [7, 11) is 3.13. The summed E-state index contributed by atoms with van der Waals surface area (Å²) >= 11 is 0. The largest absolute Gasteiger partial charge is 0.384 e. The Kier molecular flexibility index (Phi) is 3.10. The van der Waals surface area contributed by atoms with Gasteiger partial charge < -0.3 is 5.32 Å². The van der Waals surface area contributed by atoms with Gasteiger partial charge in [-0.2, -0.15) is 0 Å². The van der Waals surface area contributed by atoms with E-state index < -0.39 is 0 Å². The third-order valence-electron chi connectivity index (χ3n) is 2.99. The number of amides is 1. The minimum Gasteiger partial charge on any atom is -0.384 e. The van der Waals surface area contributed by atoms with E-state index in [0.717, 1.165) is 12.2 Å². The quantitative estimate of drug-likeness (QED) is 0.787. The molecule has 1 aliphatic rings. The van der Waals surface area contributed by atoms with Gasteiger partial charge >= 0.3 is 0 Å². The summed E-state index contributed by atoms with van der Waals surface area (Å²) in [4.78, 5) is 16.6. The number of rotatable bonds is 3. The Morgan fingerprint density at radius 2 is 2.31 bits per heavy atom. The van der Waals surface area contributed by atoms with Gasteiger partial charge in [0.15, 0.2) is 0 Å². The van der Waals surface area contributed by atoms with E-state index in [1.165, 1.54) is 17.7 Å². The van der Waals surface area contributed by atoms with Crippen molar-refractivity contribution in [3.8, 4) is 0 Å². The van der Waals surface area contributed by atoms with Crippen LogP contribution >= 0.6 is 0 Å². The molecule has 86 valence electrons. The fourth-order valence-corrected chi connectivity index (χ4v) is 1.98. The molecule has 0 saturated heterocycles. The second-order valence-corrected chi connectivity index (χ2v) is 3.94. The van der Waals surface area contributed by atoms with E-state index in [4.69, 9.17) is 4.84 Å². The lowest BCUT2D eigenvalue weighted by Crippen LogP contribution is -2.27. The molecule has 4 nitrogen and oxygen atoms in total. The van der Waals surface area contributed by atoms with Crippen LogP contribution in [0.25, 0.3) is 0 Å². The van der Waals surface area contributed by atoms with Gasteiger partial charge in [-0.1, -0.05) is 18.2 Å². The number of fused-ring (bicyclic) bond motifs is 1. The number of benzene rings is 1. The van der Waals surface area contributed by atoms with Crippen LogP contribution in [0.3, 0.4) is 0 Å². The number of para-hydroxylation sites is 1. The summed E-state index contributed by atoms with van der Waals surface area (Å²) < 4.78 is 0. The number of hydroxylamine groups is 2. The first-order valence-corrected chi connectivity index (χ1v) is 5.36. The van der Waals surface area contributed by atoms with Gasteiger partial charge in [-0.15, -0.1) is 0 Å². The van der Waals surface area contributed by atoms with E-state index in [1.54, 1.807) is 7.05 Å². The van der Waals surface area contributed by atoms with Crippen molar-refractivity contribution in [2.75, 3.05) is 26.0 Å². The van der Waals surface area contributed by atoms with Crippen molar-refractivity contribution < 1.29 is 9.63 Å². The summed E-state index contributed by atoms with van der Waals surface area (Å²) in [5, 5.41) is 4.58. The first-order valence-electron chi connectivity index (χ1n) is 5.36. The van der Waals surface area contributed by atoms with Crippen molar-refractivity contribution >= 4 is 11.6 Å². The predicted octanol–water partition coefficient (Wildman–Crippen LogP) is 1.61. The van der Waals surface area contributed by atoms with Crippen molar-refractivity contribution in [2.45, 2.75) is 12.3 Å². The summed E-state index contributed by atoms with van der Waals surface area (Å²) in [6, 6.07) is 8.11. The molecule has 1 heterocycles. The van der Waals surface area contributed by atoms with Gasteiger partial charge in [0.2, 0.25) is 5.91 Å². The lowest BCUT2D eigenvalue weighted by molar-refractivity contribution is -0.169. The molecule has 16 heavy (non-hydrogen) atoms. The van der Waals surface area contributed by atoms with Gasteiger partial charge in [-0.3, -0.25) is 9.63 Å². The summed E-state index contributed by atoms with van der Waals surface area (Å²) in [5.41, 5.74) is 2.36. The molecule has 1 atom stereocenters. The molecule has 0 radical (unpaired) electrons. The second-order valence-electron chi connectivity index (χ2n) is 3.94. The molecule has 1 aromatic carbocycles. The number of anilines is 1. The standard InChI is InChI=1S/C12H16N2O2/c1-14(16-2)12(15)7-9-8-13-11-6-4-3-5-10(9)11/h3-6,9,13H,7-8H2,1-2H3. The predicted molar refractivity (Wildman–Crippen MR) is 62.1 cm³/mol. The smallest absolute Gasteiger partial charge is 0.246 e. The SMILES string of the molecule is CON(C)C(=O)CC1CNc2ccccc21. The van der Waals surface area contributed by atoms with Crippen LogP contribution in [-0.4, -0.2) is 31.7 Å². The van der Waals surface area contributed by atoms with Crippen LogP contribution in [0.4, 0.5) is 5.69 Å². The Morgan fingerprint density at radius 1 is 1.56 bits per heavy atom. The fraction of sp³-hybridized carbons (Fsp3) is 0.417. The third-order valence-corrected chi connectivity index (χ3v) is 2.99. The Balaban J connectivity index is 2.06. The minimum absolute atomic E-state index is 0.00556. The van der Waals surface area contributed by atoms with Crippen molar-refractivity contribution in [2.24, 2.45) is 0 Å². The number of carbonyl (C=O) groups is 1. The molecule has 1 aliphatic heterocycles. The second kappa shape index (κ2) is 4.53. The van der Waals surface area contributed by atoms with Gasteiger partial charge in [0.05, 0.1) is 7.11 Å². The van der Waals surface area contributed by atoms with Gasteiger partial charge in [-0.05, 0) is 11.6 Å². The number of nitrogens with one attached hydrogen (secondary N) is 1. The van der Waals surface area contributed by atoms with Gasteiger partial charge in [-0.25, -0.2) is 5.06 Å². The summed E-state index contributed by atoms with van der Waals surface area (Å²) in [6.07, 6.45) is 0.481. The van der Waals surface area contributed by atoms with Gasteiger partial charge in [0.1, 0.15) is 0 Å². The van der Waals surface area contributed by atoms with E-state index in [0.29, 0.717) is 6.42 Å². The maximum absolute atomic E-state index is 11.7. The van der Waals surface area contributed by atoms with Crippen LogP contribution in [0.15, 0.2) is 24.3 Å². The van der Waals surface area contributed by atoms with Gasteiger partial charge in [0.25, 0.3) is 0 Å². The molecule has 1 amide bonds. The zero-order chi connectivity index (χ0) is 11.5. The normalized spacial score (nSPS) is 17.8. The lowest BCUT2D eigenvalue weighted by Gasteiger charge is -2.16. The molecule has 1 N–H and O–H groups in total. The zero-order valence-corrected chi connectivity index (χ0v) is 9.56. The van der Waals surface area contributed by atoms with E-state index in [1.807, 2.05) is 18.2 Å². The zero-order valence-electron chi connectivity index (χ0n) is 9.56. The highest BCUT2D eigenvalue weighted by atomic mass is 16.7. The molecular weight excluding hydrogens is 204 g/mol. The Bertz CT molecular complexity index is 392. The average Bonchev–Trinajstić information content (AvgIpc) is 2.72. The van der Waals surface area contributed by atoms with Crippen LogP contribution in [0.5, 0.6) is 0 Å².